The fourth-order valence-corrected chi connectivity index (χ4v) is 0. The molecule has 38 valence electrons. The van der Waals surface area contributed by atoms with Crippen molar-refractivity contribution in [2.24, 2.45) is 0 Å². The first-order valence-electron chi connectivity index (χ1n) is 0.711. The molecule has 0 spiro atoms. The quantitative estimate of drug-likeness (QED) is 0.386. The zero-order valence-electron chi connectivity index (χ0n) is 2.49. The summed E-state index contributed by atoms with van der Waals surface area (Å²) in [5.41, 5.74) is 0. The standard InChI is InChI=1S/3HI.HOP.V/c;;;1-2;/h3*1H;2H;/q;;;;+3/p-3. The summed E-state index contributed by atoms with van der Waals surface area (Å²) in [6, 6.07) is 0. The average Bonchev–Trinajstić information content (AvgIpc) is 1.41. The second-order valence-corrected chi connectivity index (χ2v) is 35.6. The fraction of sp³-hybridized carbons (Fsp3) is 0. The molecule has 0 aliphatic carbocycles. The third-order valence-electron chi connectivity index (χ3n) is 0. The molecule has 0 rings (SSSR count). The second-order valence-electron chi connectivity index (χ2n) is 0.192. The van der Waals surface area contributed by atoms with E-state index < -0.39 is 0 Å². The van der Waals surface area contributed by atoms with Crippen molar-refractivity contribution in [1.82, 2.24) is 0 Å². The van der Waals surface area contributed by atoms with Crippen molar-refractivity contribution < 1.29 is 9.49 Å². The van der Waals surface area contributed by atoms with Crippen molar-refractivity contribution in [3.8, 4) is 0 Å². The van der Waals surface area contributed by atoms with Gasteiger partial charge in [-0.1, -0.05) is 0 Å². The molecule has 0 fully saturated rings. The Kier molecular flexibility index (Phi) is 20.9. The normalized spacial score (nSPS) is 6.67. The molecule has 0 aromatic carbocycles. The molecule has 0 heterocycles. The van der Waals surface area contributed by atoms with E-state index in [9.17, 15) is 0 Å². The van der Waals surface area contributed by atoms with Gasteiger partial charge in [-0.2, -0.15) is 0 Å². The number of hydrogen-bond donors (Lipinski definition) is 0. The van der Waals surface area contributed by atoms with E-state index in [-0.39, 0.29) is 4.92 Å². The molecule has 0 saturated carbocycles. The molecule has 0 saturated heterocycles. The van der Waals surface area contributed by atoms with Crippen molar-refractivity contribution in [1.29, 1.82) is 0 Å². The fourth-order valence-electron chi connectivity index (χ4n) is 0. The van der Waals surface area contributed by atoms with Gasteiger partial charge in [0.1, 0.15) is 9.12 Å². The van der Waals surface area contributed by atoms with Crippen molar-refractivity contribution in [2.45, 2.75) is 0 Å². The number of rotatable bonds is 0. The molecule has 0 N–H and O–H groups in total. The Bertz CT molecular complexity index is 22.0. The molecule has 0 unspecified atom stereocenters. The van der Waals surface area contributed by atoms with Crippen LogP contribution in [0.4, 0.5) is 0 Å². The van der Waals surface area contributed by atoms with Gasteiger partial charge in [0.2, 0.25) is 0 Å². The molecule has 0 atom stereocenters. The van der Waals surface area contributed by atoms with Crippen LogP contribution < -0.4 is 0 Å². The average molecular weight is 480 g/mol. The summed E-state index contributed by atoms with van der Waals surface area (Å²) in [6.07, 6.45) is 0. The van der Waals surface area contributed by atoms with Gasteiger partial charge in [0.15, 0.2) is 0 Å². The third-order valence-corrected chi connectivity index (χ3v) is 0. The Hall–Kier alpha value is 2.87. The minimum atomic E-state index is -0.278. The summed E-state index contributed by atoms with van der Waals surface area (Å²) in [7, 11) is 1.72. The molecule has 0 amide bonds. The monoisotopic (exact) mass is 480 g/mol. The van der Waals surface area contributed by atoms with E-state index in [1.807, 2.05) is 0 Å². The first kappa shape index (κ1) is 11.6. The van der Waals surface area contributed by atoms with Gasteiger partial charge >= 0.3 is 64.9 Å². The molecule has 0 bridgehead atoms. The van der Waals surface area contributed by atoms with Crippen LogP contribution in [0.1, 0.15) is 0 Å². The van der Waals surface area contributed by atoms with Crippen molar-refractivity contribution in [3.63, 3.8) is 0 Å². The number of hydrogen-bond acceptors (Lipinski definition) is 1. The summed E-state index contributed by atoms with van der Waals surface area (Å²) < 4.78 is 8.06. The molecular formula is HI3OPV. The van der Waals surface area contributed by atoms with Gasteiger partial charge in [-0.05, 0) is 0 Å². The van der Waals surface area contributed by atoms with Crippen molar-refractivity contribution >= 4 is 69.1 Å². The SMILES string of the molecule is O=P.[I][V]([I])[I]. The topological polar surface area (TPSA) is 17.1 Å². The van der Waals surface area contributed by atoms with Gasteiger partial charge in [-0.25, -0.2) is 0 Å². The van der Waals surface area contributed by atoms with Crippen molar-refractivity contribution in [3.05, 3.63) is 0 Å². The summed E-state index contributed by atoms with van der Waals surface area (Å²) in [5, 5.41) is 0. The van der Waals surface area contributed by atoms with Crippen LogP contribution in [-0.2, 0) is 9.49 Å². The molecule has 1 nitrogen and oxygen atoms in total. The molecule has 6 heavy (non-hydrogen) atoms. The zero-order valence-corrected chi connectivity index (χ0v) is 11.4. The van der Waals surface area contributed by atoms with Crippen LogP contribution in [0.25, 0.3) is 0 Å². The Morgan fingerprint density at radius 1 is 1.17 bits per heavy atom. The van der Waals surface area contributed by atoms with Gasteiger partial charge in [0, 0.05) is 0 Å². The molecule has 0 radical (unpaired) electrons. The van der Waals surface area contributed by atoms with Gasteiger partial charge in [0.25, 0.3) is 0 Å². The number of halogens is 3. The van der Waals surface area contributed by atoms with Crippen LogP contribution in [0.5, 0.6) is 0 Å². The first-order chi connectivity index (χ1) is 2.73. The predicted octanol–water partition coefficient (Wildman–Crippen LogP) is 3.13. The molecular weight excluding hydrogens is 479 g/mol. The summed E-state index contributed by atoms with van der Waals surface area (Å²) in [4.78, 5) is -0.278. The van der Waals surface area contributed by atoms with Crippen LogP contribution in [0, 0.1) is 0 Å². The van der Waals surface area contributed by atoms with Gasteiger partial charge in [-0.15, -0.1) is 0 Å². The molecule has 0 aliphatic rings. The van der Waals surface area contributed by atoms with E-state index >= 15 is 0 Å². The van der Waals surface area contributed by atoms with Gasteiger partial charge < -0.3 is 0 Å². The zero-order chi connectivity index (χ0) is 5.58. The van der Waals surface area contributed by atoms with E-state index in [2.05, 4.69) is 59.9 Å². The molecule has 0 aromatic heterocycles. The van der Waals surface area contributed by atoms with E-state index in [4.69, 9.17) is 4.57 Å². The third kappa shape index (κ3) is 28.7. The van der Waals surface area contributed by atoms with Crippen LogP contribution in [0.2, 0.25) is 0 Å². The van der Waals surface area contributed by atoms with Gasteiger partial charge in [-0.3, -0.25) is 4.57 Å². The summed E-state index contributed by atoms with van der Waals surface area (Å²) in [5.74, 6) is 0. The Morgan fingerprint density at radius 2 is 1.17 bits per heavy atom. The maximum atomic E-state index is 8.06. The van der Waals surface area contributed by atoms with E-state index in [0.717, 1.165) is 0 Å². The Balaban J connectivity index is 0. The van der Waals surface area contributed by atoms with Gasteiger partial charge in [0.05, 0.1) is 0 Å². The molecule has 6 heteroatoms. The second kappa shape index (κ2) is 10.8. The molecule has 0 aliphatic heterocycles. The van der Waals surface area contributed by atoms with Crippen molar-refractivity contribution in [2.75, 3.05) is 0 Å². The summed E-state index contributed by atoms with van der Waals surface area (Å²) >= 11 is 7.39. The van der Waals surface area contributed by atoms with Crippen LogP contribution in [-0.4, -0.2) is 0 Å². The van der Waals surface area contributed by atoms with Crippen LogP contribution in [0.3, 0.4) is 0 Å². The van der Waals surface area contributed by atoms with E-state index in [1.165, 1.54) is 0 Å². The van der Waals surface area contributed by atoms with E-state index in [0.29, 0.717) is 0 Å². The minimum absolute atomic E-state index is 0.278. The summed E-state index contributed by atoms with van der Waals surface area (Å²) in [6.45, 7) is 0. The Labute approximate surface area is 76.7 Å². The molecule has 0 aromatic rings. The van der Waals surface area contributed by atoms with Crippen LogP contribution >= 0.6 is 69.1 Å². The maximum absolute atomic E-state index is 8.06. The predicted molar refractivity (Wildman–Crippen MR) is 51.1 cm³/mol. The Morgan fingerprint density at radius 3 is 1.17 bits per heavy atom. The van der Waals surface area contributed by atoms with E-state index in [1.54, 1.807) is 9.12 Å². The first-order valence-corrected chi connectivity index (χ1v) is 14.6. The van der Waals surface area contributed by atoms with Crippen LogP contribution in [0.15, 0.2) is 0 Å².